The number of rotatable bonds is 4. The average molecular weight is 289 g/mol. The number of hydrazine groups is 1. The summed E-state index contributed by atoms with van der Waals surface area (Å²) in [5.74, 6) is -0.107. The van der Waals surface area contributed by atoms with Gasteiger partial charge in [0.05, 0.1) is 18.4 Å². The van der Waals surface area contributed by atoms with E-state index in [0.717, 1.165) is 0 Å². The minimum absolute atomic E-state index is 0.259. The second-order valence-corrected chi connectivity index (χ2v) is 4.58. The predicted molar refractivity (Wildman–Crippen MR) is 72.0 cm³/mol. The Balaban J connectivity index is 2.71. The summed E-state index contributed by atoms with van der Waals surface area (Å²) in [4.78, 5) is 23.0. The van der Waals surface area contributed by atoms with Gasteiger partial charge in [-0.25, -0.2) is 0 Å². The van der Waals surface area contributed by atoms with E-state index in [2.05, 4.69) is 10.9 Å². The first-order chi connectivity index (χ1) is 8.58. The van der Waals surface area contributed by atoms with Gasteiger partial charge in [-0.3, -0.25) is 20.4 Å². The first-order valence-corrected chi connectivity index (χ1v) is 6.77. The molecule has 5 nitrogen and oxygen atoms in total. The summed E-state index contributed by atoms with van der Waals surface area (Å²) in [6.07, 6.45) is 1.79. The van der Waals surface area contributed by atoms with Gasteiger partial charge in [0.2, 0.25) is 5.91 Å². The number of carbonyl (C=O) groups is 2. The molecular formula is C11H13ClN2O3S. The van der Waals surface area contributed by atoms with Crippen molar-refractivity contribution in [2.75, 3.05) is 19.1 Å². The highest BCUT2D eigenvalue weighted by atomic mass is 35.5. The molecule has 2 amide bonds. The zero-order valence-electron chi connectivity index (χ0n) is 9.95. The van der Waals surface area contributed by atoms with Crippen molar-refractivity contribution in [1.82, 2.24) is 10.9 Å². The second kappa shape index (κ2) is 7.13. The molecule has 0 heterocycles. The minimum atomic E-state index is -0.483. The summed E-state index contributed by atoms with van der Waals surface area (Å²) < 4.78 is 5.04. The Morgan fingerprint density at radius 1 is 1.39 bits per heavy atom. The number of methoxy groups -OCH3 is 1. The Bertz CT molecular complexity index is 454. The molecule has 0 aliphatic carbocycles. The van der Waals surface area contributed by atoms with Crippen molar-refractivity contribution in [3.63, 3.8) is 0 Å². The number of amides is 2. The Hall–Kier alpha value is -1.40. The molecule has 0 aliphatic heterocycles. The molecule has 98 valence electrons. The highest BCUT2D eigenvalue weighted by Gasteiger charge is 2.13. The maximum Gasteiger partial charge on any atom is 0.273 e. The van der Waals surface area contributed by atoms with Gasteiger partial charge in [-0.05, 0) is 24.5 Å². The van der Waals surface area contributed by atoms with Crippen LogP contribution in [0.4, 0.5) is 0 Å². The fourth-order valence-corrected chi connectivity index (χ4v) is 1.73. The second-order valence-electron chi connectivity index (χ2n) is 3.28. The van der Waals surface area contributed by atoms with Crippen LogP contribution in [0, 0.1) is 0 Å². The first kappa shape index (κ1) is 14.7. The van der Waals surface area contributed by atoms with Crippen LogP contribution in [-0.4, -0.2) is 30.9 Å². The average Bonchev–Trinajstić information content (AvgIpc) is 2.36. The quantitative estimate of drug-likeness (QED) is 0.824. The van der Waals surface area contributed by atoms with Crippen LogP contribution in [0.3, 0.4) is 0 Å². The van der Waals surface area contributed by atoms with Crippen molar-refractivity contribution in [2.45, 2.75) is 0 Å². The number of benzene rings is 1. The van der Waals surface area contributed by atoms with Crippen LogP contribution in [0.5, 0.6) is 5.75 Å². The van der Waals surface area contributed by atoms with E-state index in [1.807, 2.05) is 0 Å². The summed E-state index contributed by atoms with van der Waals surface area (Å²) in [5, 5.41) is 0.413. The third kappa shape index (κ3) is 4.12. The molecule has 0 radical (unpaired) electrons. The van der Waals surface area contributed by atoms with E-state index >= 15 is 0 Å². The van der Waals surface area contributed by atoms with E-state index in [4.69, 9.17) is 16.3 Å². The number of hydrogen-bond acceptors (Lipinski definition) is 4. The van der Waals surface area contributed by atoms with Crippen LogP contribution >= 0.6 is 23.4 Å². The van der Waals surface area contributed by atoms with E-state index in [0.29, 0.717) is 10.8 Å². The van der Waals surface area contributed by atoms with Gasteiger partial charge in [-0.15, -0.1) is 0 Å². The van der Waals surface area contributed by atoms with Crippen LogP contribution in [-0.2, 0) is 4.79 Å². The van der Waals surface area contributed by atoms with Crippen molar-refractivity contribution in [2.24, 2.45) is 0 Å². The van der Waals surface area contributed by atoms with Crippen LogP contribution in [0.15, 0.2) is 18.2 Å². The molecule has 0 aliphatic rings. The topological polar surface area (TPSA) is 67.4 Å². The molecule has 1 aromatic rings. The summed E-state index contributed by atoms with van der Waals surface area (Å²) >= 11 is 7.16. The molecule has 1 rings (SSSR count). The number of halogens is 1. The lowest BCUT2D eigenvalue weighted by Gasteiger charge is -2.10. The van der Waals surface area contributed by atoms with E-state index in [1.54, 1.807) is 18.4 Å². The van der Waals surface area contributed by atoms with E-state index in [-0.39, 0.29) is 17.2 Å². The van der Waals surface area contributed by atoms with Gasteiger partial charge < -0.3 is 4.74 Å². The third-order valence-corrected chi connectivity index (χ3v) is 2.78. The van der Waals surface area contributed by atoms with Crippen LogP contribution in [0.2, 0.25) is 5.02 Å². The summed E-state index contributed by atoms with van der Waals surface area (Å²) in [7, 11) is 1.45. The minimum Gasteiger partial charge on any atom is -0.496 e. The number of thioether (sulfide) groups is 1. The van der Waals surface area contributed by atoms with Gasteiger partial charge in [0, 0.05) is 5.02 Å². The van der Waals surface area contributed by atoms with Crippen molar-refractivity contribution in [1.29, 1.82) is 0 Å². The lowest BCUT2D eigenvalue weighted by molar-refractivity contribution is -0.119. The fourth-order valence-electron chi connectivity index (χ4n) is 1.22. The molecule has 1 aromatic carbocycles. The van der Waals surface area contributed by atoms with Crippen molar-refractivity contribution < 1.29 is 14.3 Å². The number of hydrogen-bond donors (Lipinski definition) is 2. The zero-order valence-corrected chi connectivity index (χ0v) is 11.5. The number of nitrogens with one attached hydrogen (secondary N) is 2. The normalized spacial score (nSPS) is 9.72. The molecule has 0 unspecified atom stereocenters. The lowest BCUT2D eigenvalue weighted by atomic mass is 10.2. The van der Waals surface area contributed by atoms with Crippen molar-refractivity contribution in [3.8, 4) is 5.75 Å². The van der Waals surface area contributed by atoms with E-state index < -0.39 is 5.91 Å². The summed E-state index contributed by atoms with van der Waals surface area (Å²) in [5.41, 5.74) is 4.85. The number of carbonyl (C=O) groups excluding carboxylic acids is 2. The molecule has 7 heteroatoms. The van der Waals surface area contributed by atoms with Gasteiger partial charge in [-0.1, -0.05) is 11.6 Å². The smallest absolute Gasteiger partial charge is 0.273 e. The fraction of sp³-hybridized carbons (Fsp3) is 0.273. The first-order valence-electron chi connectivity index (χ1n) is 5.00. The van der Waals surface area contributed by atoms with Gasteiger partial charge in [0.1, 0.15) is 5.75 Å². The summed E-state index contributed by atoms with van der Waals surface area (Å²) in [6.45, 7) is 0. The molecule has 0 bridgehead atoms. The highest BCUT2D eigenvalue weighted by molar-refractivity contribution is 7.99. The maximum atomic E-state index is 11.8. The predicted octanol–water partition coefficient (Wildman–Crippen LogP) is 1.47. The lowest BCUT2D eigenvalue weighted by Crippen LogP contribution is -2.42. The Morgan fingerprint density at radius 2 is 2.11 bits per heavy atom. The van der Waals surface area contributed by atoms with Gasteiger partial charge in [0.25, 0.3) is 5.91 Å². The monoisotopic (exact) mass is 288 g/mol. The van der Waals surface area contributed by atoms with Gasteiger partial charge >= 0.3 is 0 Å². The van der Waals surface area contributed by atoms with Crippen LogP contribution < -0.4 is 15.6 Å². The van der Waals surface area contributed by atoms with Gasteiger partial charge in [-0.2, -0.15) is 11.8 Å². The van der Waals surface area contributed by atoms with E-state index in [1.165, 1.54) is 24.9 Å². The van der Waals surface area contributed by atoms with Crippen LogP contribution in [0.1, 0.15) is 10.4 Å². The zero-order chi connectivity index (χ0) is 13.5. The Morgan fingerprint density at radius 3 is 2.72 bits per heavy atom. The molecule has 0 saturated carbocycles. The molecular weight excluding hydrogens is 276 g/mol. The molecule has 0 saturated heterocycles. The largest absolute Gasteiger partial charge is 0.496 e. The molecule has 0 aromatic heterocycles. The van der Waals surface area contributed by atoms with Crippen molar-refractivity contribution >= 4 is 35.2 Å². The third-order valence-electron chi connectivity index (χ3n) is 2.00. The van der Waals surface area contributed by atoms with Crippen LogP contribution in [0.25, 0.3) is 0 Å². The molecule has 0 fully saturated rings. The molecule has 18 heavy (non-hydrogen) atoms. The standard InChI is InChI=1S/C11H13ClN2O3S/c1-17-9-4-3-7(12)5-8(9)11(16)14-13-10(15)6-18-2/h3-5H,6H2,1-2H3,(H,13,15)(H,14,16). The van der Waals surface area contributed by atoms with Gasteiger partial charge in [0.15, 0.2) is 0 Å². The Kier molecular flexibility index (Phi) is 5.80. The summed E-state index contributed by atoms with van der Waals surface area (Å²) in [6, 6.07) is 4.67. The highest BCUT2D eigenvalue weighted by Crippen LogP contribution is 2.22. The SMILES string of the molecule is COc1ccc(Cl)cc1C(=O)NNC(=O)CSC. The number of ether oxygens (including phenoxy) is 1. The van der Waals surface area contributed by atoms with E-state index in [9.17, 15) is 9.59 Å². The molecule has 0 atom stereocenters. The Labute approximate surface area is 114 Å². The molecule has 0 spiro atoms. The molecule has 2 N–H and O–H groups in total. The maximum absolute atomic E-state index is 11.8. The van der Waals surface area contributed by atoms with Crippen molar-refractivity contribution in [3.05, 3.63) is 28.8 Å².